The number of hydrogen-bond acceptors (Lipinski definition) is 2. The van der Waals surface area contributed by atoms with E-state index in [2.05, 4.69) is 24.2 Å². The van der Waals surface area contributed by atoms with Gasteiger partial charge in [0.1, 0.15) is 5.75 Å². The molecule has 1 rings (SSSR count). The van der Waals surface area contributed by atoms with Crippen LogP contribution in [0.1, 0.15) is 24.9 Å². The Morgan fingerprint density at radius 2 is 2.20 bits per heavy atom. The Morgan fingerprint density at radius 3 is 2.80 bits per heavy atom. The van der Waals surface area contributed by atoms with Crippen LogP contribution in [0, 0.1) is 12.3 Å². The number of benzene rings is 1. The third kappa shape index (κ3) is 3.00. The summed E-state index contributed by atoms with van der Waals surface area (Å²) in [5, 5.41) is 3.29. The highest BCUT2D eigenvalue weighted by atomic mass is 16.5. The molecule has 1 unspecified atom stereocenters. The van der Waals surface area contributed by atoms with Crippen molar-refractivity contribution in [2.45, 2.75) is 19.4 Å². The Morgan fingerprint density at radius 1 is 1.47 bits per heavy atom. The molecule has 0 radical (unpaired) electrons. The molecule has 0 saturated heterocycles. The molecule has 0 aromatic heterocycles. The van der Waals surface area contributed by atoms with Crippen molar-refractivity contribution in [3.8, 4) is 18.1 Å². The average Bonchev–Trinajstić information content (AvgIpc) is 2.30. The molecule has 0 bridgehead atoms. The molecule has 80 valence electrons. The predicted octanol–water partition coefficient (Wildman–Crippen LogP) is 2.37. The maximum Gasteiger partial charge on any atom is 0.123 e. The van der Waals surface area contributed by atoms with Crippen LogP contribution in [0.15, 0.2) is 24.3 Å². The van der Waals surface area contributed by atoms with Gasteiger partial charge in [0.25, 0.3) is 0 Å². The van der Waals surface area contributed by atoms with Crippen LogP contribution in [-0.4, -0.2) is 13.7 Å². The largest absolute Gasteiger partial charge is 0.496 e. The van der Waals surface area contributed by atoms with Gasteiger partial charge in [-0.15, -0.1) is 6.42 Å². The van der Waals surface area contributed by atoms with E-state index in [4.69, 9.17) is 11.2 Å². The van der Waals surface area contributed by atoms with Gasteiger partial charge in [-0.2, -0.15) is 0 Å². The fraction of sp³-hybridized carbons (Fsp3) is 0.385. The van der Waals surface area contributed by atoms with Crippen molar-refractivity contribution in [2.75, 3.05) is 13.7 Å². The highest BCUT2D eigenvalue weighted by Crippen LogP contribution is 2.26. The van der Waals surface area contributed by atoms with E-state index < -0.39 is 0 Å². The van der Waals surface area contributed by atoms with Crippen molar-refractivity contribution in [3.05, 3.63) is 29.8 Å². The third-order valence-corrected chi connectivity index (χ3v) is 2.37. The van der Waals surface area contributed by atoms with Gasteiger partial charge in [-0.05, 0) is 12.5 Å². The maximum absolute atomic E-state index is 5.32. The Balaban J connectivity index is 2.86. The van der Waals surface area contributed by atoms with E-state index in [-0.39, 0.29) is 6.04 Å². The van der Waals surface area contributed by atoms with Crippen LogP contribution < -0.4 is 10.1 Å². The van der Waals surface area contributed by atoms with Crippen molar-refractivity contribution >= 4 is 0 Å². The topological polar surface area (TPSA) is 21.3 Å². The molecule has 0 heterocycles. The fourth-order valence-corrected chi connectivity index (χ4v) is 1.61. The van der Waals surface area contributed by atoms with E-state index in [9.17, 15) is 0 Å². The number of terminal acetylenes is 1. The smallest absolute Gasteiger partial charge is 0.123 e. The zero-order valence-electron chi connectivity index (χ0n) is 9.29. The Labute approximate surface area is 91.6 Å². The van der Waals surface area contributed by atoms with Crippen LogP contribution >= 0.6 is 0 Å². The van der Waals surface area contributed by atoms with E-state index in [1.807, 2.05) is 18.2 Å². The molecule has 0 fully saturated rings. The minimum atomic E-state index is 0.261. The summed E-state index contributed by atoms with van der Waals surface area (Å²) in [4.78, 5) is 0. The summed E-state index contributed by atoms with van der Waals surface area (Å²) < 4.78 is 5.32. The summed E-state index contributed by atoms with van der Waals surface area (Å²) in [5.41, 5.74) is 1.16. The van der Waals surface area contributed by atoms with Crippen LogP contribution in [0.2, 0.25) is 0 Å². The number of ether oxygens (including phenoxy) is 1. The molecule has 1 N–H and O–H groups in total. The average molecular weight is 203 g/mol. The minimum Gasteiger partial charge on any atom is -0.496 e. The third-order valence-electron chi connectivity index (χ3n) is 2.37. The van der Waals surface area contributed by atoms with Gasteiger partial charge in [-0.25, -0.2) is 0 Å². The van der Waals surface area contributed by atoms with E-state index in [1.54, 1.807) is 7.11 Å². The minimum absolute atomic E-state index is 0.261. The molecule has 2 heteroatoms. The quantitative estimate of drug-likeness (QED) is 0.742. The van der Waals surface area contributed by atoms with E-state index in [0.717, 1.165) is 17.7 Å². The van der Waals surface area contributed by atoms with Crippen molar-refractivity contribution in [1.82, 2.24) is 5.32 Å². The molecule has 2 nitrogen and oxygen atoms in total. The highest BCUT2D eigenvalue weighted by Gasteiger charge is 2.12. The van der Waals surface area contributed by atoms with Crippen molar-refractivity contribution in [3.63, 3.8) is 0 Å². The normalized spacial score (nSPS) is 11.8. The van der Waals surface area contributed by atoms with Crippen LogP contribution in [0.3, 0.4) is 0 Å². The number of hydrogen-bond donors (Lipinski definition) is 1. The first-order valence-corrected chi connectivity index (χ1v) is 5.13. The van der Waals surface area contributed by atoms with Gasteiger partial charge in [0.2, 0.25) is 0 Å². The summed E-state index contributed by atoms with van der Waals surface area (Å²) in [7, 11) is 1.69. The molecule has 1 aromatic carbocycles. The predicted molar refractivity (Wildman–Crippen MR) is 62.9 cm³/mol. The summed E-state index contributed by atoms with van der Waals surface area (Å²) >= 11 is 0. The lowest BCUT2D eigenvalue weighted by molar-refractivity contribution is 0.399. The summed E-state index contributed by atoms with van der Waals surface area (Å²) in [6.45, 7) is 2.71. The van der Waals surface area contributed by atoms with Gasteiger partial charge in [-0.3, -0.25) is 5.32 Å². The fourth-order valence-electron chi connectivity index (χ4n) is 1.61. The molecular weight excluding hydrogens is 186 g/mol. The van der Waals surface area contributed by atoms with Crippen molar-refractivity contribution in [2.24, 2.45) is 0 Å². The summed E-state index contributed by atoms with van der Waals surface area (Å²) in [5.74, 6) is 3.50. The van der Waals surface area contributed by atoms with Crippen LogP contribution in [0.5, 0.6) is 5.75 Å². The van der Waals surface area contributed by atoms with Gasteiger partial charge >= 0.3 is 0 Å². The summed E-state index contributed by atoms with van der Waals surface area (Å²) in [6, 6.07) is 8.28. The molecule has 0 aliphatic heterocycles. The molecular formula is C13H17NO. The second-order valence-corrected chi connectivity index (χ2v) is 3.29. The Bertz CT molecular complexity index is 341. The van der Waals surface area contributed by atoms with E-state index in [0.29, 0.717) is 6.54 Å². The first-order chi connectivity index (χ1) is 7.33. The Hall–Kier alpha value is -1.46. The number of para-hydroxylation sites is 1. The number of rotatable bonds is 5. The number of nitrogens with one attached hydrogen (secondary N) is 1. The molecule has 15 heavy (non-hydrogen) atoms. The van der Waals surface area contributed by atoms with E-state index >= 15 is 0 Å². The van der Waals surface area contributed by atoms with Crippen LogP contribution in [-0.2, 0) is 0 Å². The molecule has 0 saturated carbocycles. The molecule has 0 aliphatic rings. The standard InChI is InChI=1S/C13H17NO/c1-4-10-14-12(5-2)11-8-6-7-9-13(11)15-3/h1,6-9,12,14H,5,10H2,2-3H3. The van der Waals surface area contributed by atoms with Crippen molar-refractivity contribution in [1.29, 1.82) is 0 Å². The maximum atomic E-state index is 5.32. The number of methoxy groups -OCH3 is 1. The zero-order chi connectivity index (χ0) is 11.1. The van der Waals surface area contributed by atoms with Gasteiger partial charge in [0.15, 0.2) is 0 Å². The first kappa shape index (κ1) is 11.6. The summed E-state index contributed by atoms with van der Waals surface area (Å²) in [6.07, 6.45) is 6.22. The zero-order valence-corrected chi connectivity index (χ0v) is 9.29. The van der Waals surface area contributed by atoms with Gasteiger partial charge in [0, 0.05) is 11.6 Å². The molecule has 0 amide bonds. The molecule has 1 atom stereocenters. The van der Waals surface area contributed by atoms with Gasteiger partial charge < -0.3 is 4.74 Å². The molecule has 0 aliphatic carbocycles. The van der Waals surface area contributed by atoms with E-state index in [1.165, 1.54) is 0 Å². The molecule has 1 aromatic rings. The second kappa shape index (κ2) is 6.10. The van der Waals surface area contributed by atoms with Crippen molar-refractivity contribution < 1.29 is 4.74 Å². The first-order valence-electron chi connectivity index (χ1n) is 5.13. The van der Waals surface area contributed by atoms with Crippen LogP contribution in [0.4, 0.5) is 0 Å². The lowest BCUT2D eigenvalue weighted by Gasteiger charge is -2.18. The van der Waals surface area contributed by atoms with Gasteiger partial charge in [-0.1, -0.05) is 31.0 Å². The molecule has 0 spiro atoms. The highest BCUT2D eigenvalue weighted by molar-refractivity contribution is 5.35. The van der Waals surface area contributed by atoms with Gasteiger partial charge in [0.05, 0.1) is 13.7 Å². The van der Waals surface area contributed by atoms with Crippen LogP contribution in [0.25, 0.3) is 0 Å². The Kier molecular flexibility index (Phi) is 4.73. The lowest BCUT2D eigenvalue weighted by atomic mass is 10.0. The second-order valence-electron chi connectivity index (χ2n) is 3.29. The monoisotopic (exact) mass is 203 g/mol. The SMILES string of the molecule is C#CCNC(CC)c1ccccc1OC. The lowest BCUT2D eigenvalue weighted by Crippen LogP contribution is -2.21.